The Morgan fingerprint density at radius 2 is 1.83 bits per heavy atom. The minimum absolute atomic E-state index is 0.655. The smallest absolute Gasteiger partial charge is 0.398 e. The van der Waals surface area contributed by atoms with Crippen molar-refractivity contribution in [1.82, 2.24) is 0 Å². The van der Waals surface area contributed by atoms with Gasteiger partial charge in [0.25, 0.3) is 0 Å². The zero-order chi connectivity index (χ0) is 14.0. The van der Waals surface area contributed by atoms with Gasteiger partial charge < -0.3 is 4.52 Å². The van der Waals surface area contributed by atoms with E-state index in [4.69, 9.17) is 0 Å². The average molecular weight is 294 g/mol. The molecule has 1 aromatic carbocycles. The van der Waals surface area contributed by atoms with E-state index in [-0.39, 0.29) is 0 Å². The molecule has 102 valence electrons. The molecular formula is C8H5F6O3P. The van der Waals surface area contributed by atoms with E-state index in [2.05, 4.69) is 9.05 Å². The van der Waals surface area contributed by atoms with Gasteiger partial charge in [0.2, 0.25) is 5.82 Å². The van der Waals surface area contributed by atoms with Gasteiger partial charge in [0.1, 0.15) is 0 Å². The molecule has 0 aliphatic carbocycles. The maximum Gasteiger partial charge on any atom is 0.570 e. The third-order valence-electron chi connectivity index (χ3n) is 1.51. The molecule has 0 N–H and O–H groups in total. The van der Waals surface area contributed by atoms with Gasteiger partial charge in [-0.05, 0) is 12.1 Å². The molecule has 0 amide bonds. The maximum atomic E-state index is 12.9. The lowest BCUT2D eigenvalue weighted by atomic mass is 10.3. The molecule has 18 heavy (non-hydrogen) atoms. The third-order valence-corrected chi connectivity index (χ3v) is 2.36. The normalized spacial score (nSPS) is 15.2. The molecule has 0 radical (unpaired) electrons. The van der Waals surface area contributed by atoms with Gasteiger partial charge in [-0.25, -0.2) is 8.96 Å². The fourth-order valence-electron chi connectivity index (χ4n) is 0.849. The molecule has 10 heteroatoms. The van der Waals surface area contributed by atoms with Crippen LogP contribution in [0.3, 0.4) is 0 Å². The Morgan fingerprint density at radius 1 is 1.22 bits per heavy atom. The van der Waals surface area contributed by atoms with E-state index < -0.39 is 38.1 Å². The summed E-state index contributed by atoms with van der Waals surface area (Å²) in [5.74, 6) is -4.28. The topological polar surface area (TPSA) is 35.5 Å². The van der Waals surface area contributed by atoms with Gasteiger partial charge in [-0.1, -0.05) is 6.07 Å². The fraction of sp³-hybridized carbons (Fsp3) is 0.250. The molecule has 0 aromatic heterocycles. The summed E-state index contributed by atoms with van der Waals surface area (Å²) in [6, 6.07) is 2.22. The quantitative estimate of drug-likeness (QED) is 0.622. The number of benzene rings is 1. The zero-order valence-electron chi connectivity index (χ0n) is 8.38. The summed E-state index contributed by atoms with van der Waals surface area (Å²) in [5, 5.41) is 0. The van der Waals surface area contributed by atoms with Gasteiger partial charge >= 0.3 is 14.1 Å². The minimum atomic E-state index is -5.68. The molecule has 0 aliphatic rings. The largest absolute Gasteiger partial charge is 0.570 e. The Morgan fingerprint density at radius 3 is 2.39 bits per heavy atom. The highest BCUT2D eigenvalue weighted by molar-refractivity contribution is 7.48. The maximum absolute atomic E-state index is 12.9. The first kappa shape index (κ1) is 14.8. The second kappa shape index (κ2) is 5.19. The van der Waals surface area contributed by atoms with E-state index in [1.165, 1.54) is 0 Å². The van der Waals surface area contributed by atoms with Crippen molar-refractivity contribution < 1.29 is 39.8 Å². The van der Waals surface area contributed by atoms with Crippen molar-refractivity contribution in [2.45, 2.75) is 6.18 Å². The van der Waals surface area contributed by atoms with Crippen LogP contribution in [0.2, 0.25) is 0 Å². The highest BCUT2D eigenvalue weighted by Gasteiger charge is 2.36. The molecule has 1 rings (SSSR count). The zero-order valence-corrected chi connectivity index (χ0v) is 9.27. The predicted molar refractivity (Wildman–Crippen MR) is 47.7 cm³/mol. The Balaban J connectivity index is 2.77. The monoisotopic (exact) mass is 294 g/mol. The molecule has 0 aliphatic heterocycles. The molecule has 1 atom stereocenters. The lowest BCUT2D eigenvalue weighted by Gasteiger charge is -2.12. The summed E-state index contributed by atoms with van der Waals surface area (Å²) in [6.45, 7) is -2.18. The summed E-state index contributed by atoms with van der Waals surface area (Å²) >= 11 is 0. The number of hydrogen-bond acceptors (Lipinski definition) is 3. The van der Waals surface area contributed by atoms with Crippen LogP contribution in [0.15, 0.2) is 18.2 Å². The second-order valence-corrected chi connectivity index (χ2v) is 4.26. The van der Waals surface area contributed by atoms with Crippen molar-refractivity contribution in [3.8, 4) is 5.75 Å². The van der Waals surface area contributed by atoms with Gasteiger partial charge in [0, 0.05) is 0 Å². The number of alkyl halides is 3. The first-order chi connectivity index (χ1) is 8.11. The van der Waals surface area contributed by atoms with Crippen molar-refractivity contribution in [1.29, 1.82) is 0 Å². The summed E-state index contributed by atoms with van der Waals surface area (Å²) in [7, 11) is -5.68. The van der Waals surface area contributed by atoms with Crippen LogP contribution in [0, 0.1) is 11.6 Å². The Labute approximate surface area is 97.0 Å². The highest BCUT2D eigenvalue weighted by atomic mass is 31.2. The average Bonchev–Trinajstić information content (AvgIpc) is 2.21. The molecule has 1 unspecified atom stereocenters. The summed E-state index contributed by atoms with van der Waals surface area (Å²) in [4.78, 5) is 0. The van der Waals surface area contributed by atoms with E-state index in [0.29, 0.717) is 12.1 Å². The standard InChI is InChI=1S/C8H5F6O3P/c9-5-2-1-3-6(7(5)10)17-18(14,15)16-4-8(11,12)13/h1-3H,4H2. The predicted octanol–water partition coefficient (Wildman–Crippen LogP) is 4.00. The Hall–Kier alpha value is -1.21. The lowest BCUT2D eigenvalue weighted by molar-refractivity contribution is -0.155. The highest BCUT2D eigenvalue weighted by Crippen LogP contribution is 2.51. The Bertz CT molecular complexity index is 474. The lowest BCUT2D eigenvalue weighted by Crippen LogP contribution is -2.16. The summed E-state index contributed by atoms with van der Waals surface area (Å²) in [5.41, 5.74) is 0. The van der Waals surface area contributed by atoms with Crippen LogP contribution in [-0.2, 0) is 9.09 Å². The van der Waals surface area contributed by atoms with E-state index in [0.717, 1.165) is 6.07 Å². The second-order valence-electron chi connectivity index (χ2n) is 2.96. The van der Waals surface area contributed by atoms with Crippen LogP contribution < -0.4 is 4.52 Å². The molecule has 0 fully saturated rings. The molecular weight excluding hydrogens is 289 g/mol. The summed E-state index contributed by atoms with van der Waals surface area (Å²) < 4.78 is 91.4. The first-order valence-corrected chi connectivity index (χ1v) is 5.69. The van der Waals surface area contributed by atoms with Gasteiger partial charge in [-0.2, -0.15) is 17.6 Å². The van der Waals surface area contributed by atoms with Crippen molar-refractivity contribution in [2.75, 3.05) is 6.61 Å². The van der Waals surface area contributed by atoms with Gasteiger partial charge in [-0.15, -0.1) is 4.20 Å². The molecule has 0 heterocycles. The van der Waals surface area contributed by atoms with Crippen molar-refractivity contribution in [3.05, 3.63) is 29.8 Å². The summed E-state index contributed by atoms with van der Waals surface area (Å²) in [6.07, 6.45) is -4.94. The third kappa shape index (κ3) is 4.58. The van der Waals surface area contributed by atoms with Crippen LogP contribution >= 0.6 is 7.91 Å². The van der Waals surface area contributed by atoms with E-state index in [9.17, 15) is 30.7 Å². The van der Waals surface area contributed by atoms with E-state index in [1.807, 2.05) is 0 Å². The van der Waals surface area contributed by atoms with Crippen molar-refractivity contribution >= 4 is 7.91 Å². The number of rotatable bonds is 4. The SMILES string of the molecule is O=P(F)(OCC(F)(F)F)Oc1cccc(F)c1F. The van der Waals surface area contributed by atoms with Crippen LogP contribution in [0.5, 0.6) is 5.75 Å². The van der Waals surface area contributed by atoms with Gasteiger partial charge in [-0.3, -0.25) is 4.52 Å². The molecule has 0 saturated carbocycles. The number of halogens is 6. The Kier molecular flexibility index (Phi) is 4.28. The van der Waals surface area contributed by atoms with Crippen LogP contribution in [0.25, 0.3) is 0 Å². The number of hydrogen-bond donors (Lipinski definition) is 0. The first-order valence-electron chi connectivity index (χ1n) is 4.25. The van der Waals surface area contributed by atoms with Crippen LogP contribution in [0.4, 0.5) is 26.1 Å². The molecule has 0 saturated heterocycles. The molecule has 0 spiro atoms. The van der Waals surface area contributed by atoms with Gasteiger partial charge in [0.15, 0.2) is 18.2 Å². The van der Waals surface area contributed by atoms with E-state index >= 15 is 0 Å². The van der Waals surface area contributed by atoms with Crippen molar-refractivity contribution in [2.24, 2.45) is 0 Å². The fourth-order valence-corrected chi connectivity index (χ4v) is 1.58. The van der Waals surface area contributed by atoms with Crippen LogP contribution in [0.1, 0.15) is 0 Å². The van der Waals surface area contributed by atoms with Gasteiger partial charge in [0.05, 0.1) is 0 Å². The van der Waals surface area contributed by atoms with Crippen molar-refractivity contribution in [3.63, 3.8) is 0 Å². The molecule has 0 bridgehead atoms. The molecule has 1 aromatic rings. The molecule has 3 nitrogen and oxygen atoms in total. The van der Waals surface area contributed by atoms with Crippen LogP contribution in [-0.4, -0.2) is 12.8 Å². The van der Waals surface area contributed by atoms with E-state index in [1.54, 1.807) is 0 Å². The minimum Gasteiger partial charge on any atom is -0.398 e.